The molecule has 0 bridgehead atoms. The normalized spacial score (nSPS) is 15.5. The molecule has 33 heavy (non-hydrogen) atoms. The number of hydrogen-bond donors (Lipinski definition) is 2. The van der Waals surface area contributed by atoms with E-state index in [9.17, 15) is 4.79 Å². The van der Waals surface area contributed by atoms with Gasteiger partial charge in [-0.1, -0.05) is 29.3 Å². The van der Waals surface area contributed by atoms with Crippen LogP contribution < -0.4 is 15.5 Å². The molecule has 172 valence electrons. The summed E-state index contributed by atoms with van der Waals surface area (Å²) < 4.78 is 5.35. The summed E-state index contributed by atoms with van der Waals surface area (Å²) in [5, 5.41) is 6.58. The zero-order chi connectivity index (χ0) is 23.4. The van der Waals surface area contributed by atoms with Gasteiger partial charge < -0.3 is 20.3 Å². The molecule has 0 radical (unpaired) electrons. The zero-order valence-corrected chi connectivity index (χ0v) is 19.8. The number of carbonyl (C=O) groups is 1. The maximum absolute atomic E-state index is 12.7. The lowest BCUT2D eigenvalue weighted by molar-refractivity contribution is 0.102. The first kappa shape index (κ1) is 23.2. The van der Waals surface area contributed by atoms with Gasteiger partial charge in [-0.3, -0.25) is 4.79 Å². The molecule has 1 aliphatic heterocycles. The van der Waals surface area contributed by atoms with Gasteiger partial charge in [0.1, 0.15) is 11.6 Å². The van der Waals surface area contributed by atoms with Crippen LogP contribution in [0.3, 0.4) is 0 Å². The summed E-state index contributed by atoms with van der Waals surface area (Å²) in [7, 11) is 1.71. The number of pyridine rings is 1. The van der Waals surface area contributed by atoms with Crippen LogP contribution in [0.2, 0.25) is 10.0 Å². The standard InChI is InChI=1S/C23H24Cl2N6O2/c1-14-11-20(30-23(27-14)31-10-4-5-16(31)13-33-2)29-19-12-15(8-9-26-19)28-22(32)21-17(24)6-3-7-18(21)25/h3,6-9,11-12,16H,4-5,10,13H2,1-2H3,(H2,26,27,28,29,30,32)/t16-/m0/s1. The number of ether oxygens (including phenoxy) is 1. The Labute approximate surface area is 202 Å². The summed E-state index contributed by atoms with van der Waals surface area (Å²) in [5.74, 6) is 1.40. The Kier molecular flexibility index (Phi) is 7.27. The Morgan fingerprint density at radius 1 is 1.18 bits per heavy atom. The van der Waals surface area contributed by atoms with Crippen molar-refractivity contribution in [1.82, 2.24) is 15.0 Å². The number of aromatic nitrogens is 3. The number of rotatable bonds is 7. The zero-order valence-electron chi connectivity index (χ0n) is 18.3. The fourth-order valence-electron chi connectivity index (χ4n) is 3.83. The lowest BCUT2D eigenvalue weighted by atomic mass is 10.2. The Morgan fingerprint density at radius 2 is 1.97 bits per heavy atom. The molecule has 3 aromatic rings. The summed E-state index contributed by atoms with van der Waals surface area (Å²) >= 11 is 12.3. The van der Waals surface area contributed by atoms with Gasteiger partial charge >= 0.3 is 0 Å². The Bertz CT molecular complexity index is 1140. The largest absolute Gasteiger partial charge is 0.383 e. The second-order valence-electron chi connectivity index (χ2n) is 7.74. The molecule has 10 heteroatoms. The fraction of sp³-hybridized carbons (Fsp3) is 0.304. The Morgan fingerprint density at radius 3 is 2.73 bits per heavy atom. The summed E-state index contributed by atoms with van der Waals surface area (Å²) in [6, 6.07) is 10.4. The van der Waals surface area contributed by atoms with Crippen LogP contribution in [0.15, 0.2) is 42.6 Å². The van der Waals surface area contributed by atoms with E-state index in [1.165, 1.54) is 0 Å². The average molecular weight is 487 g/mol. The molecule has 4 rings (SSSR count). The molecular formula is C23H24Cl2N6O2. The lowest BCUT2D eigenvalue weighted by Gasteiger charge is -2.24. The number of benzene rings is 1. The number of halogens is 2. The molecule has 0 saturated carbocycles. The van der Waals surface area contributed by atoms with E-state index in [2.05, 4.69) is 25.5 Å². The lowest BCUT2D eigenvalue weighted by Crippen LogP contribution is -2.34. The smallest absolute Gasteiger partial charge is 0.258 e. The first-order valence-electron chi connectivity index (χ1n) is 10.5. The summed E-state index contributed by atoms with van der Waals surface area (Å²) in [6.45, 7) is 3.45. The highest BCUT2D eigenvalue weighted by atomic mass is 35.5. The van der Waals surface area contributed by atoms with Gasteiger partial charge in [0.2, 0.25) is 5.95 Å². The fourth-order valence-corrected chi connectivity index (χ4v) is 4.40. The van der Waals surface area contributed by atoms with E-state index in [0.717, 1.165) is 25.1 Å². The predicted octanol–water partition coefficient (Wildman–Crippen LogP) is 5.10. The van der Waals surface area contributed by atoms with Crippen LogP contribution in [0.1, 0.15) is 28.9 Å². The topological polar surface area (TPSA) is 92.3 Å². The van der Waals surface area contributed by atoms with Gasteiger partial charge in [-0.25, -0.2) is 9.97 Å². The van der Waals surface area contributed by atoms with Crippen molar-refractivity contribution in [3.05, 3.63) is 63.9 Å². The van der Waals surface area contributed by atoms with E-state index in [1.54, 1.807) is 43.6 Å². The first-order valence-corrected chi connectivity index (χ1v) is 11.3. The summed E-state index contributed by atoms with van der Waals surface area (Å²) in [5.41, 5.74) is 1.60. The van der Waals surface area contributed by atoms with Crippen molar-refractivity contribution in [3.63, 3.8) is 0 Å². The maximum Gasteiger partial charge on any atom is 0.258 e. The molecule has 1 aromatic carbocycles. The van der Waals surface area contributed by atoms with Gasteiger partial charge in [-0.2, -0.15) is 4.98 Å². The van der Waals surface area contributed by atoms with Crippen LogP contribution in [0.5, 0.6) is 0 Å². The maximum atomic E-state index is 12.7. The number of nitrogens with one attached hydrogen (secondary N) is 2. The van der Waals surface area contributed by atoms with E-state index < -0.39 is 5.91 Å². The monoisotopic (exact) mass is 486 g/mol. The number of amides is 1. The van der Waals surface area contributed by atoms with E-state index in [-0.39, 0.29) is 21.7 Å². The van der Waals surface area contributed by atoms with Crippen molar-refractivity contribution in [2.24, 2.45) is 0 Å². The van der Waals surface area contributed by atoms with Gasteiger partial charge in [0, 0.05) is 43.4 Å². The molecule has 1 fully saturated rings. The molecule has 3 heterocycles. The minimum absolute atomic E-state index is 0.222. The van der Waals surface area contributed by atoms with Gasteiger partial charge in [-0.05, 0) is 38.0 Å². The van der Waals surface area contributed by atoms with Crippen molar-refractivity contribution >= 4 is 52.4 Å². The highest BCUT2D eigenvalue weighted by Gasteiger charge is 2.27. The number of anilines is 4. The molecule has 0 aliphatic carbocycles. The van der Waals surface area contributed by atoms with Crippen LogP contribution in [0.4, 0.5) is 23.3 Å². The SMILES string of the molecule is COC[C@@H]1CCCN1c1nc(C)cc(Nc2cc(NC(=O)c3c(Cl)cccc3Cl)ccn2)n1. The highest BCUT2D eigenvalue weighted by molar-refractivity contribution is 6.40. The van der Waals surface area contributed by atoms with Crippen molar-refractivity contribution in [2.45, 2.75) is 25.8 Å². The molecule has 2 N–H and O–H groups in total. The van der Waals surface area contributed by atoms with Gasteiger partial charge in [0.15, 0.2) is 0 Å². The molecule has 1 saturated heterocycles. The van der Waals surface area contributed by atoms with Gasteiger partial charge in [-0.15, -0.1) is 0 Å². The Hall–Kier alpha value is -2.94. The van der Waals surface area contributed by atoms with E-state index >= 15 is 0 Å². The molecule has 8 nitrogen and oxygen atoms in total. The number of aryl methyl sites for hydroxylation is 1. The van der Waals surface area contributed by atoms with Crippen molar-refractivity contribution < 1.29 is 9.53 Å². The third-order valence-corrected chi connectivity index (χ3v) is 5.93. The van der Waals surface area contributed by atoms with E-state index in [1.807, 2.05) is 13.0 Å². The van der Waals surface area contributed by atoms with Crippen LogP contribution in [0, 0.1) is 6.92 Å². The average Bonchev–Trinajstić information content (AvgIpc) is 3.22. The van der Waals surface area contributed by atoms with Crippen molar-refractivity contribution in [2.75, 3.05) is 35.8 Å². The van der Waals surface area contributed by atoms with Crippen molar-refractivity contribution in [1.29, 1.82) is 0 Å². The minimum Gasteiger partial charge on any atom is -0.383 e. The van der Waals surface area contributed by atoms with Gasteiger partial charge in [0.05, 0.1) is 28.3 Å². The molecule has 0 unspecified atom stereocenters. The van der Waals surface area contributed by atoms with Gasteiger partial charge in [0.25, 0.3) is 5.91 Å². The Balaban J connectivity index is 1.52. The minimum atomic E-state index is -0.402. The third kappa shape index (κ3) is 5.52. The number of methoxy groups -OCH3 is 1. The second-order valence-corrected chi connectivity index (χ2v) is 8.56. The second kappa shape index (κ2) is 10.3. The van der Waals surface area contributed by atoms with Crippen molar-refractivity contribution in [3.8, 4) is 0 Å². The molecule has 1 atom stereocenters. The molecule has 1 amide bonds. The van der Waals surface area contributed by atoms with E-state index in [0.29, 0.717) is 29.9 Å². The highest BCUT2D eigenvalue weighted by Crippen LogP contribution is 2.27. The number of hydrogen-bond acceptors (Lipinski definition) is 7. The molecule has 0 spiro atoms. The quantitative estimate of drug-likeness (QED) is 0.479. The van der Waals surface area contributed by atoms with Crippen LogP contribution >= 0.6 is 23.2 Å². The predicted molar refractivity (Wildman–Crippen MR) is 131 cm³/mol. The molecular weight excluding hydrogens is 463 g/mol. The van der Waals surface area contributed by atoms with Crippen LogP contribution in [-0.2, 0) is 4.74 Å². The van der Waals surface area contributed by atoms with E-state index in [4.69, 9.17) is 32.9 Å². The summed E-state index contributed by atoms with van der Waals surface area (Å²) in [6.07, 6.45) is 3.72. The molecule has 1 aliphatic rings. The number of carbonyl (C=O) groups excluding carboxylic acids is 1. The third-order valence-electron chi connectivity index (χ3n) is 5.30. The van der Waals surface area contributed by atoms with Crippen LogP contribution in [0.25, 0.3) is 0 Å². The summed E-state index contributed by atoms with van der Waals surface area (Å²) in [4.78, 5) is 28.5. The van der Waals surface area contributed by atoms with Crippen LogP contribution in [-0.4, -0.2) is 47.2 Å². The first-order chi connectivity index (χ1) is 15.9. The molecule has 2 aromatic heterocycles. The number of nitrogens with zero attached hydrogens (tertiary/aromatic N) is 4.